The molecule has 135 heavy (non-hydrogen) atoms. The molecular formula is C98H96BClN14O19S2. The number of nitrogens with one attached hydrogen (secondary N) is 3. The molecule has 0 fully saturated rings. The number of hydrogen-bond donors (Lipinski definition) is 9. The molecule has 33 nitrogen and oxygen atoms in total. The van der Waals surface area contributed by atoms with Crippen LogP contribution in [-0.4, -0.2) is 126 Å². The number of amides is 3. The van der Waals surface area contributed by atoms with Gasteiger partial charge in [0.25, 0.3) is 29.1 Å². The molecule has 0 aliphatic rings. The van der Waals surface area contributed by atoms with Crippen LogP contribution in [0.2, 0.25) is 5.02 Å². The van der Waals surface area contributed by atoms with Crippen molar-refractivity contribution in [1.29, 1.82) is 0 Å². The van der Waals surface area contributed by atoms with Crippen LogP contribution in [-0.2, 0) is 42.2 Å². The Kier molecular flexibility index (Phi) is 36.5. The zero-order valence-corrected chi connectivity index (χ0v) is 77.0. The van der Waals surface area contributed by atoms with Crippen LogP contribution in [0.1, 0.15) is 129 Å². The average Bonchev–Trinajstić information content (AvgIpc) is 0.768. The van der Waals surface area contributed by atoms with E-state index in [1.165, 1.54) is 97.3 Å². The fourth-order valence-electron chi connectivity index (χ4n) is 13.0. The minimum absolute atomic E-state index is 0.0422. The summed E-state index contributed by atoms with van der Waals surface area (Å²) in [5, 5.41) is 76.2. The Morgan fingerprint density at radius 2 is 0.667 bits per heavy atom. The summed E-state index contributed by atoms with van der Waals surface area (Å²) in [6, 6.07) is 79.2. The standard InChI is InChI=1S/C23H25N3O5S2.C21H19N3O3.C21H21N3O.C12H8N2O4.C9H13N.C7H7BO4.C5H3ClN2O2/c1-23(2,19-11-6-5-7-12-19)25-22(27)18-10-8-9-17(15-18)20-13-14-24-16-21(20)26(32(3,28)29)33(4,30)31;1-21(2,17-9-4-3-5-10-17)23-20(25)16-8-6-7-15(13-16)18-11-12-22-14-19(18)24(26)27;1-21(2,17-9-4-3-5-10-17)24-20(25)16-8-6-7-15(13-16)18-11-12-23-14-19(18)22;15-12(16)9-3-1-2-8(6-9)10-4-5-13-7-11(10)14(17)18;1-9(2,10)8-6-4-3-5-7-8;9-7(10)5-2-1-3-6(4-5)8(11)12;6-4-1-2-7-3-5(4)8(9)10/h5-16H,1-4H3,(H,25,27);3-14H,1-2H3,(H,23,25);3-14H,22H2,1-2H3,(H,24,25);1-7H,(H,15,16);3-7H,10H2,1-2H3;1-4,11-12H,(H,9,10);1-3H. The van der Waals surface area contributed by atoms with Crippen molar-refractivity contribution in [2.24, 2.45) is 5.73 Å². The lowest BCUT2D eigenvalue weighted by molar-refractivity contribution is -0.385. The highest BCUT2D eigenvalue weighted by molar-refractivity contribution is 8.09. The molecule has 9 aromatic carbocycles. The van der Waals surface area contributed by atoms with Gasteiger partial charge in [0.1, 0.15) is 23.6 Å². The number of benzene rings is 9. The van der Waals surface area contributed by atoms with E-state index in [4.69, 9.17) is 43.3 Å². The Morgan fingerprint density at radius 1 is 0.378 bits per heavy atom. The summed E-state index contributed by atoms with van der Waals surface area (Å²) in [5.41, 5.74) is 20.2. The predicted octanol–water partition coefficient (Wildman–Crippen LogP) is 16.4. The van der Waals surface area contributed by atoms with E-state index in [2.05, 4.69) is 40.9 Å². The maximum atomic E-state index is 13.0. The highest BCUT2D eigenvalue weighted by Gasteiger charge is 2.32. The van der Waals surface area contributed by atoms with E-state index < -0.39 is 70.5 Å². The van der Waals surface area contributed by atoms with Crippen molar-refractivity contribution in [2.75, 3.05) is 22.0 Å². The average molecular weight is 1880 g/mol. The van der Waals surface area contributed by atoms with Crippen LogP contribution in [0.15, 0.2) is 335 Å². The summed E-state index contributed by atoms with van der Waals surface area (Å²) in [4.78, 5) is 109. The number of carboxylic acid groups (broad SMARTS) is 2. The Bertz CT molecular complexity index is 6740. The topological polar surface area (TPSA) is 520 Å². The lowest BCUT2D eigenvalue weighted by Crippen LogP contribution is -2.41. The molecule has 0 spiro atoms. The van der Waals surface area contributed by atoms with E-state index in [9.17, 15) is 71.2 Å². The molecule has 0 radical (unpaired) electrons. The molecule has 0 atom stereocenters. The Hall–Kier alpha value is -16.0. The van der Waals surface area contributed by atoms with E-state index in [-0.39, 0.29) is 67.6 Å². The van der Waals surface area contributed by atoms with Crippen LogP contribution >= 0.6 is 11.6 Å². The molecule has 0 saturated carbocycles. The molecule has 5 heterocycles. The van der Waals surface area contributed by atoms with Crippen LogP contribution in [0, 0.1) is 30.3 Å². The van der Waals surface area contributed by atoms with Crippen molar-refractivity contribution in [2.45, 2.75) is 77.5 Å². The first-order valence-electron chi connectivity index (χ1n) is 40.8. The maximum absolute atomic E-state index is 13.0. The number of carbonyl (C=O) groups excluding carboxylic acids is 3. The van der Waals surface area contributed by atoms with Crippen LogP contribution < -0.4 is 36.6 Å². The van der Waals surface area contributed by atoms with Crippen molar-refractivity contribution in [3.8, 4) is 44.5 Å². The minimum Gasteiger partial charge on any atom is -0.478 e. The number of pyridine rings is 5. The smallest absolute Gasteiger partial charge is 0.478 e. The second-order valence-electron chi connectivity index (χ2n) is 31.8. The van der Waals surface area contributed by atoms with Crippen molar-refractivity contribution in [1.82, 2.24) is 40.9 Å². The molecule has 11 N–H and O–H groups in total. The number of aromatic carboxylic acids is 2. The number of nitro groups is 3. The third kappa shape index (κ3) is 30.6. The van der Waals surface area contributed by atoms with E-state index >= 15 is 0 Å². The van der Waals surface area contributed by atoms with Crippen LogP contribution in [0.5, 0.6) is 0 Å². The number of sulfonamides is 2. The van der Waals surface area contributed by atoms with E-state index in [1.54, 1.807) is 85.2 Å². The molecule has 694 valence electrons. The number of rotatable bonds is 23. The summed E-state index contributed by atoms with van der Waals surface area (Å²) in [6.45, 7) is 15.6. The van der Waals surface area contributed by atoms with E-state index in [0.717, 1.165) is 52.7 Å². The van der Waals surface area contributed by atoms with Gasteiger partial charge in [-0.1, -0.05) is 194 Å². The molecular weight excluding hydrogens is 1790 g/mol. The zero-order valence-electron chi connectivity index (χ0n) is 74.6. The summed E-state index contributed by atoms with van der Waals surface area (Å²) in [7, 11) is -9.94. The largest absolute Gasteiger partial charge is 0.488 e. The summed E-state index contributed by atoms with van der Waals surface area (Å²) >= 11 is 5.44. The normalized spacial score (nSPS) is 11.0. The van der Waals surface area contributed by atoms with Gasteiger partial charge in [-0.2, -0.15) is 3.71 Å². The fraction of sp³-hybridized carbons (Fsp3) is 0.143. The number of hydrogen-bond acceptors (Lipinski definition) is 24. The van der Waals surface area contributed by atoms with Gasteiger partial charge < -0.3 is 47.7 Å². The maximum Gasteiger partial charge on any atom is 0.488 e. The first-order chi connectivity index (χ1) is 63.7. The Morgan fingerprint density at radius 3 is 0.985 bits per heavy atom. The second kappa shape index (κ2) is 47.2. The number of anilines is 2. The number of halogens is 1. The monoisotopic (exact) mass is 1880 g/mol. The van der Waals surface area contributed by atoms with Crippen molar-refractivity contribution in [3.05, 3.63) is 420 Å². The van der Waals surface area contributed by atoms with Gasteiger partial charge in [-0.3, -0.25) is 69.6 Å². The number of carbonyl (C=O) groups is 5. The van der Waals surface area contributed by atoms with Crippen LogP contribution in [0.3, 0.4) is 0 Å². The van der Waals surface area contributed by atoms with Crippen molar-refractivity contribution >= 4 is 102 Å². The zero-order chi connectivity index (χ0) is 99.2. The van der Waals surface area contributed by atoms with Gasteiger partial charge in [-0.05, 0) is 196 Å². The van der Waals surface area contributed by atoms with Gasteiger partial charge in [-0.25, -0.2) is 26.4 Å². The first kappa shape index (κ1) is 104. The highest BCUT2D eigenvalue weighted by atomic mass is 35.5. The lowest BCUT2D eigenvalue weighted by atomic mass is 9.80. The quantitative estimate of drug-likeness (QED) is 0.0163. The van der Waals surface area contributed by atoms with E-state index in [1.807, 2.05) is 201 Å². The summed E-state index contributed by atoms with van der Waals surface area (Å²) < 4.78 is 49.5. The van der Waals surface area contributed by atoms with Gasteiger partial charge in [0.15, 0.2) is 0 Å². The third-order valence-corrected chi connectivity index (χ3v) is 23.4. The molecule has 0 aliphatic heterocycles. The Labute approximate surface area is 784 Å². The molecule has 5 aromatic heterocycles. The minimum atomic E-state index is -4.16. The molecule has 0 aliphatic carbocycles. The van der Waals surface area contributed by atoms with Gasteiger partial charge in [0.2, 0.25) is 20.0 Å². The molecule has 0 saturated heterocycles. The molecule has 14 rings (SSSR count). The molecule has 3 amide bonds. The summed E-state index contributed by atoms with van der Waals surface area (Å²) in [5.74, 6) is -2.86. The highest BCUT2D eigenvalue weighted by Crippen LogP contribution is 2.36. The number of nitrogen functional groups attached to an aromatic ring is 1. The number of nitrogens with two attached hydrogens (primary N) is 2. The van der Waals surface area contributed by atoms with Crippen molar-refractivity contribution in [3.63, 3.8) is 0 Å². The molecule has 14 aromatic rings. The second-order valence-corrected chi connectivity index (χ2v) is 36.1. The van der Waals surface area contributed by atoms with Gasteiger partial charge in [0.05, 0.1) is 89.9 Å². The molecule has 37 heteroatoms. The van der Waals surface area contributed by atoms with Gasteiger partial charge in [-0.15, -0.1) is 0 Å². The lowest BCUT2D eigenvalue weighted by Gasteiger charge is -2.27. The van der Waals surface area contributed by atoms with Crippen molar-refractivity contribution < 1.29 is 75.8 Å². The van der Waals surface area contributed by atoms with Gasteiger partial charge >= 0.3 is 24.7 Å². The summed E-state index contributed by atoms with van der Waals surface area (Å²) in [6.07, 6.45) is 15.3. The third-order valence-electron chi connectivity index (χ3n) is 19.8. The SMILES string of the molecule is CC(C)(N)c1ccccc1.CC(C)(NC(=O)c1cccc(-c2ccncc2N(S(C)(=O)=O)S(C)(=O)=O)c1)c1ccccc1.CC(C)(NC(=O)c1cccc(-c2ccncc2N)c1)c1ccccc1.CC(C)(NC(=O)c1cccc(-c2ccncc2[N+](=O)[O-])c1)c1ccccc1.O=C(O)c1cccc(-c2ccncc2[N+](=O)[O-])c1.O=C(O)c1cccc(B(O)O)c1.O=[N+]([O-])c1cnccc1Cl. The molecule has 0 unspecified atom stereocenters. The Balaban J connectivity index is 0.000000201. The fourth-order valence-corrected chi connectivity index (χ4v) is 16.1. The van der Waals surface area contributed by atoms with Gasteiger partial charge in [0, 0.05) is 64.3 Å². The molecule has 0 bridgehead atoms. The van der Waals surface area contributed by atoms with Crippen LogP contribution in [0.4, 0.5) is 28.4 Å². The number of aromatic nitrogens is 5. The van der Waals surface area contributed by atoms with E-state index in [0.29, 0.717) is 59.5 Å². The number of nitrogens with zero attached hydrogens (tertiary/aromatic N) is 9. The number of carboxylic acids is 2. The first-order valence-corrected chi connectivity index (χ1v) is 44.8. The van der Waals surface area contributed by atoms with Crippen LogP contribution in [0.25, 0.3) is 44.5 Å². The predicted molar refractivity (Wildman–Crippen MR) is 519 cm³/mol.